The smallest absolute Gasteiger partial charge is 0.364 e. The SMILES string of the molecule is CCS(=O)(=O)OC[C@@H](O)C[C@@H]1O[C@](O)(C(=O)O)C[C@H](O)[C@@H]1[C@H](O)NC(C)=O. The first-order valence-corrected chi connectivity index (χ1v) is 9.71. The molecule has 1 rings (SSSR count). The minimum absolute atomic E-state index is 0.332. The summed E-state index contributed by atoms with van der Waals surface area (Å²) in [5.74, 6) is -6.86. The topological polar surface area (TPSA) is 200 Å². The molecule has 27 heavy (non-hydrogen) atoms. The third kappa shape index (κ3) is 6.64. The van der Waals surface area contributed by atoms with Crippen LogP contribution in [-0.2, 0) is 28.6 Å². The van der Waals surface area contributed by atoms with Gasteiger partial charge in [0.05, 0.1) is 36.6 Å². The van der Waals surface area contributed by atoms with E-state index in [1.54, 1.807) is 0 Å². The Morgan fingerprint density at radius 3 is 2.44 bits per heavy atom. The fourth-order valence-electron chi connectivity index (χ4n) is 2.71. The number of carboxylic acid groups (broad SMARTS) is 1. The average molecular weight is 415 g/mol. The molecule has 1 heterocycles. The van der Waals surface area contributed by atoms with Gasteiger partial charge in [-0.2, -0.15) is 8.42 Å². The van der Waals surface area contributed by atoms with Crippen LogP contribution in [0.3, 0.4) is 0 Å². The molecule has 0 aromatic rings. The maximum atomic E-state index is 11.3. The van der Waals surface area contributed by atoms with Gasteiger partial charge in [0, 0.05) is 19.8 Å². The normalized spacial score (nSPS) is 31.1. The number of amides is 1. The molecule has 6 N–H and O–H groups in total. The van der Waals surface area contributed by atoms with Crippen LogP contribution >= 0.6 is 0 Å². The summed E-state index contributed by atoms with van der Waals surface area (Å²) in [5, 5.41) is 51.5. The van der Waals surface area contributed by atoms with E-state index in [4.69, 9.17) is 9.84 Å². The standard InChI is InChI=1S/C14H25NO11S/c1-3-27(23,24)25-6-8(17)4-10-11(12(19)15-7(2)16)9(18)5-14(22,26-10)13(20)21/h8-12,17-19,22H,3-6H2,1-2H3,(H,15,16)(H,20,21)/t8-,9-,10-,11-,12-,14-/m0/s1. The number of aliphatic carboxylic acids is 1. The number of carbonyl (C=O) groups is 2. The molecule has 1 aliphatic heterocycles. The van der Waals surface area contributed by atoms with E-state index in [1.165, 1.54) is 6.92 Å². The van der Waals surface area contributed by atoms with Crippen molar-refractivity contribution in [1.29, 1.82) is 0 Å². The van der Waals surface area contributed by atoms with E-state index >= 15 is 0 Å². The monoisotopic (exact) mass is 415 g/mol. The molecule has 13 heteroatoms. The third-order valence-electron chi connectivity index (χ3n) is 4.05. The highest BCUT2D eigenvalue weighted by atomic mass is 32.2. The third-order valence-corrected chi connectivity index (χ3v) is 5.26. The molecule has 0 radical (unpaired) electrons. The van der Waals surface area contributed by atoms with Crippen LogP contribution in [0, 0.1) is 5.92 Å². The lowest BCUT2D eigenvalue weighted by Gasteiger charge is -2.44. The van der Waals surface area contributed by atoms with Crippen LogP contribution < -0.4 is 5.32 Å². The average Bonchev–Trinajstić information content (AvgIpc) is 2.51. The molecular formula is C14H25NO11S. The minimum Gasteiger partial charge on any atom is -0.477 e. The van der Waals surface area contributed by atoms with Gasteiger partial charge < -0.3 is 35.6 Å². The molecule has 158 valence electrons. The Kier molecular flexibility index (Phi) is 8.10. The van der Waals surface area contributed by atoms with E-state index in [1.807, 2.05) is 0 Å². The number of rotatable bonds is 9. The van der Waals surface area contributed by atoms with Gasteiger partial charge in [0.25, 0.3) is 15.9 Å². The summed E-state index contributed by atoms with van der Waals surface area (Å²) in [6.45, 7) is 1.75. The highest BCUT2D eigenvalue weighted by molar-refractivity contribution is 7.86. The summed E-state index contributed by atoms with van der Waals surface area (Å²) in [7, 11) is -3.85. The first kappa shape index (κ1) is 23.7. The number of ether oxygens (including phenoxy) is 1. The van der Waals surface area contributed by atoms with Crippen molar-refractivity contribution in [1.82, 2.24) is 5.32 Å². The number of hydrogen-bond donors (Lipinski definition) is 6. The zero-order valence-corrected chi connectivity index (χ0v) is 15.6. The summed E-state index contributed by atoms with van der Waals surface area (Å²) >= 11 is 0. The first-order valence-electron chi connectivity index (χ1n) is 8.13. The van der Waals surface area contributed by atoms with E-state index in [9.17, 15) is 38.4 Å². The van der Waals surface area contributed by atoms with E-state index in [0.717, 1.165) is 6.92 Å². The fourth-order valence-corrected chi connectivity index (χ4v) is 3.24. The summed E-state index contributed by atoms with van der Waals surface area (Å²) < 4.78 is 32.3. The lowest BCUT2D eigenvalue weighted by atomic mass is 9.83. The maximum Gasteiger partial charge on any atom is 0.364 e. The molecule has 0 aromatic heterocycles. The van der Waals surface area contributed by atoms with Gasteiger partial charge >= 0.3 is 5.97 Å². The van der Waals surface area contributed by atoms with Gasteiger partial charge in [-0.25, -0.2) is 4.79 Å². The molecule has 1 aliphatic rings. The van der Waals surface area contributed by atoms with Gasteiger partial charge in [-0.1, -0.05) is 0 Å². The Balaban J connectivity index is 2.97. The quantitative estimate of drug-likeness (QED) is 0.167. The van der Waals surface area contributed by atoms with E-state index < -0.39 is 77.7 Å². The Labute approximate surface area is 155 Å². The van der Waals surface area contributed by atoms with Crippen molar-refractivity contribution in [2.45, 2.75) is 57.0 Å². The van der Waals surface area contributed by atoms with Gasteiger partial charge in [-0.15, -0.1) is 0 Å². The van der Waals surface area contributed by atoms with Gasteiger partial charge in [-0.05, 0) is 6.92 Å². The van der Waals surface area contributed by atoms with Gasteiger partial charge in [0.15, 0.2) is 0 Å². The molecule has 1 saturated heterocycles. The van der Waals surface area contributed by atoms with Crippen molar-refractivity contribution in [3.8, 4) is 0 Å². The first-order chi connectivity index (χ1) is 12.3. The molecule has 6 atom stereocenters. The second-order valence-electron chi connectivity index (χ2n) is 6.26. The maximum absolute atomic E-state index is 11.3. The summed E-state index contributed by atoms with van der Waals surface area (Å²) in [4.78, 5) is 22.4. The molecule has 0 aliphatic carbocycles. The molecular weight excluding hydrogens is 390 g/mol. The molecule has 0 unspecified atom stereocenters. The van der Waals surface area contributed by atoms with Crippen molar-refractivity contribution in [3.63, 3.8) is 0 Å². The fraction of sp³-hybridized carbons (Fsp3) is 0.857. The zero-order valence-electron chi connectivity index (χ0n) is 14.8. The van der Waals surface area contributed by atoms with Crippen LogP contribution in [0.25, 0.3) is 0 Å². The highest BCUT2D eigenvalue weighted by Gasteiger charge is 2.53. The van der Waals surface area contributed by atoms with Crippen molar-refractivity contribution in [3.05, 3.63) is 0 Å². The van der Waals surface area contributed by atoms with Crippen molar-refractivity contribution >= 4 is 22.0 Å². The molecule has 1 amide bonds. The number of carbonyl (C=O) groups excluding carboxylic acids is 1. The van der Waals surface area contributed by atoms with Crippen molar-refractivity contribution in [2.75, 3.05) is 12.4 Å². The Hall–Kier alpha value is -1.35. The van der Waals surface area contributed by atoms with E-state index in [-0.39, 0.29) is 5.75 Å². The number of aliphatic hydroxyl groups is 4. The number of nitrogens with one attached hydrogen (secondary N) is 1. The molecule has 0 bridgehead atoms. The second kappa shape index (κ2) is 9.23. The Morgan fingerprint density at radius 2 is 1.96 bits per heavy atom. The largest absolute Gasteiger partial charge is 0.477 e. The van der Waals surface area contributed by atoms with E-state index in [2.05, 4.69) is 9.50 Å². The molecule has 0 aromatic carbocycles. The Morgan fingerprint density at radius 1 is 1.37 bits per heavy atom. The van der Waals surface area contributed by atoms with Gasteiger partial charge in [0.1, 0.15) is 6.23 Å². The lowest BCUT2D eigenvalue weighted by molar-refractivity contribution is -0.297. The van der Waals surface area contributed by atoms with Gasteiger partial charge in [-0.3, -0.25) is 8.98 Å². The Bertz CT molecular complexity index is 639. The van der Waals surface area contributed by atoms with Crippen LogP contribution in [0.1, 0.15) is 26.7 Å². The molecule has 0 spiro atoms. The van der Waals surface area contributed by atoms with Crippen molar-refractivity contribution < 1.29 is 52.5 Å². The van der Waals surface area contributed by atoms with Crippen molar-refractivity contribution in [2.24, 2.45) is 5.92 Å². The van der Waals surface area contributed by atoms with Crippen LogP contribution in [0.15, 0.2) is 0 Å². The van der Waals surface area contributed by atoms with Gasteiger partial charge in [0.2, 0.25) is 5.91 Å². The summed E-state index contributed by atoms with van der Waals surface area (Å²) in [5.41, 5.74) is 0. The minimum atomic E-state index is -3.85. The lowest BCUT2D eigenvalue weighted by Crippen LogP contribution is -2.61. The molecule has 12 nitrogen and oxygen atoms in total. The van der Waals surface area contributed by atoms with Crippen LogP contribution in [0.5, 0.6) is 0 Å². The summed E-state index contributed by atoms with van der Waals surface area (Å²) in [6, 6.07) is 0. The predicted molar refractivity (Wildman–Crippen MR) is 87.4 cm³/mol. The molecule has 1 fully saturated rings. The van der Waals surface area contributed by atoms with Crippen LogP contribution in [-0.4, -0.2) is 88.5 Å². The van der Waals surface area contributed by atoms with Crippen LogP contribution in [0.2, 0.25) is 0 Å². The predicted octanol–water partition coefficient (Wildman–Crippen LogP) is -2.90. The zero-order chi connectivity index (χ0) is 21.0. The number of aliphatic hydroxyl groups excluding tert-OH is 3. The number of hydrogen-bond acceptors (Lipinski definition) is 10. The second-order valence-corrected chi connectivity index (χ2v) is 8.19. The van der Waals surface area contributed by atoms with Crippen LogP contribution in [0.4, 0.5) is 0 Å². The number of carboxylic acids is 1. The molecule has 0 saturated carbocycles. The van der Waals surface area contributed by atoms with E-state index in [0.29, 0.717) is 0 Å². The summed E-state index contributed by atoms with van der Waals surface area (Å²) in [6.07, 6.45) is -7.51. The highest BCUT2D eigenvalue weighted by Crippen LogP contribution is 2.35.